The van der Waals surface area contributed by atoms with Gasteiger partial charge >= 0.3 is 11.7 Å². The van der Waals surface area contributed by atoms with Crippen LogP contribution in [0.3, 0.4) is 0 Å². The Hall–Kier alpha value is -2.87. The Morgan fingerprint density at radius 2 is 2.25 bits per heavy atom. The summed E-state index contributed by atoms with van der Waals surface area (Å²) in [4.78, 5) is 31.7. The highest BCUT2D eigenvalue weighted by Gasteiger charge is 2.23. The zero-order valence-corrected chi connectivity index (χ0v) is 13.7. The van der Waals surface area contributed by atoms with Crippen molar-refractivity contribution in [2.75, 3.05) is 0 Å². The van der Waals surface area contributed by atoms with Crippen molar-refractivity contribution in [2.24, 2.45) is 0 Å². The van der Waals surface area contributed by atoms with E-state index in [1.807, 2.05) is 19.9 Å². The van der Waals surface area contributed by atoms with Crippen molar-refractivity contribution in [3.05, 3.63) is 45.0 Å². The Kier molecular flexibility index (Phi) is 3.10. The molecule has 0 fully saturated rings. The molecule has 0 spiro atoms. The molecule has 24 heavy (non-hydrogen) atoms. The third kappa shape index (κ3) is 2.00. The fourth-order valence-electron chi connectivity index (χ4n) is 2.95. The number of aromatic nitrogens is 3. The Morgan fingerprint density at radius 1 is 1.46 bits per heavy atom. The van der Waals surface area contributed by atoms with Crippen LogP contribution in [0.2, 0.25) is 0 Å². The van der Waals surface area contributed by atoms with Gasteiger partial charge in [-0.25, -0.2) is 14.6 Å². The normalized spacial score (nSPS) is 11.6. The van der Waals surface area contributed by atoms with E-state index in [1.54, 1.807) is 16.5 Å². The molecule has 4 rings (SSSR count). The quantitative estimate of drug-likeness (QED) is 0.595. The molecule has 0 unspecified atom stereocenters. The lowest BCUT2D eigenvalue weighted by Crippen LogP contribution is -2.06. The molecule has 0 saturated heterocycles. The van der Waals surface area contributed by atoms with Crippen molar-refractivity contribution in [2.45, 2.75) is 20.3 Å². The molecule has 0 aliphatic carbocycles. The summed E-state index contributed by atoms with van der Waals surface area (Å²) < 4.78 is 6.79. The summed E-state index contributed by atoms with van der Waals surface area (Å²) in [5.74, 6) is -1.52. The first-order valence-corrected chi connectivity index (χ1v) is 8.18. The van der Waals surface area contributed by atoms with Crippen molar-refractivity contribution in [1.82, 2.24) is 14.4 Å². The van der Waals surface area contributed by atoms with Crippen molar-refractivity contribution >= 4 is 33.4 Å². The van der Waals surface area contributed by atoms with Crippen LogP contribution < -0.4 is 5.76 Å². The van der Waals surface area contributed by atoms with Crippen LogP contribution in [0.1, 0.15) is 28.0 Å². The zero-order chi connectivity index (χ0) is 17.0. The highest BCUT2D eigenvalue weighted by atomic mass is 32.1. The molecular weight excluding hydrogens is 330 g/mol. The Balaban J connectivity index is 2.07. The number of imidazole rings is 1. The van der Waals surface area contributed by atoms with E-state index in [4.69, 9.17) is 4.42 Å². The number of oxazole rings is 1. The molecule has 0 amide bonds. The van der Waals surface area contributed by atoms with E-state index in [0.717, 1.165) is 16.1 Å². The molecule has 1 aromatic carbocycles. The molecule has 3 heterocycles. The highest BCUT2D eigenvalue weighted by Crippen LogP contribution is 2.34. The lowest BCUT2D eigenvalue weighted by atomic mass is 10.1. The third-order valence-electron chi connectivity index (χ3n) is 3.95. The van der Waals surface area contributed by atoms with Crippen LogP contribution in [0.4, 0.5) is 0 Å². The molecule has 0 aliphatic rings. The maximum Gasteiger partial charge on any atom is 0.417 e. The third-order valence-corrected chi connectivity index (χ3v) is 4.91. The van der Waals surface area contributed by atoms with E-state index in [1.165, 1.54) is 11.3 Å². The number of thiazole rings is 1. The van der Waals surface area contributed by atoms with E-state index in [9.17, 15) is 14.7 Å². The number of aryl methyl sites for hydroxylation is 2. The molecule has 8 heteroatoms. The molecule has 0 atom stereocenters. The first-order chi connectivity index (χ1) is 11.5. The highest BCUT2D eigenvalue weighted by molar-refractivity contribution is 7.17. The van der Waals surface area contributed by atoms with Gasteiger partial charge in [-0.05, 0) is 25.5 Å². The second kappa shape index (κ2) is 5.07. The summed E-state index contributed by atoms with van der Waals surface area (Å²) in [6, 6.07) is 5.31. The largest absolute Gasteiger partial charge is 0.477 e. The van der Waals surface area contributed by atoms with Crippen LogP contribution in [-0.2, 0) is 6.42 Å². The van der Waals surface area contributed by atoms with E-state index >= 15 is 0 Å². The van der Waals surface area contributed by atoms with Crippen molar-refractivity contribution in [3.63, 3.8) is 0 Å². The number of benzene rings is 1. The molecule has 122 valence electrons. The molecule has 7 nitrogen and oxygen atoms in total. The number of hydrogen-bond acceptors (Lipinski definition) is 5. The van der Waals surface area contributed by atoms with E-state index in [0.29, 0.717) is 28.2 Å². The lowest BCUT2D eigenvalue weighted by Gasteiger charge is -2.05. The average Bonchev–Trinajstić information content (AvgIpc) is 3.15. The van der Waals surface area contributed by atoms with Crippen LogP contribution in [0.25, 0.3) is 27.3 Å². The van der Waals surface area contributed by atoms with Crippen LogP contribution in [0, 0.1) is 6.92 Å². The Morgan fingerprint density at radius 3 is 2.96 bits per heavy atom. The number of nitrogens with zero attached hydrogens (tertiary/aromatic N) is 2. The molecule has 0 aliphatic heterocycles. The maximum absolute atomic E-state index is 11.7. The van der Waals surface area contributed by atoms with E-state index < -0.39 is 11.7 Å². The van der Waals surface area contributed by atoms with Gasteiger partial charge in [-0.3, -0.25) is 9.38 Å². The number of hydrogen-bond donors (Lipinski definition) is 2. The number of carbonyl (C=O) groups is 1. The minimum atomic E-state index is -1.01. The fourth-order valence-corrected chi connectivity index (χ4v) is 3.96. The number of fused-ring (bicyclic) bond motifs is 2. The second-order valence-corrected chi connectivity index (χ2v) is 6.60. The number of H-pyrrole nitrogens is 1. The molecular formula is C16H13N3O4S. The number of carboxylic acid groups (broad SMARTS) is 1. The molecule has 2 N–H and O–H groups in total. The van der Waals surface area contributed by atoms with Gasteiger partial charge in [-0.2, -0.15) is 0 Å². The molecule has 0 radical (unpaired) electrons. The van der Waals surface area contributed by atoms with Crippen LogP contribution in [-0.4, -0.2) is 25.4 Å². The molecule has 3 aromatic heterocycles. The zero-order valence-electron chi connectivity index (χ0n) is 12.9. The molecule has 0 saturated carbocycles. The number of aromatic amines is 1. The van der Waals surface area contributed by atoms with E-state index in [-0.39, 0.29) is 5.69 Å². The van der Waals surface area contributed by atoms with Gasteiger partial charge in [-0.15, -0.1) is 11.3 Å². The van der Waals surface area contributed by atoms with Gasteiger partial charge in [0.2, 0.25) is 0 Å². The van der Waals surface area contributed by atoms with Crippen LogP contribution in [0.5, 0.6) is 0 Å². The van der Waals surface area contributed by atoms with Crippen LogP contribution >= 0.6 is 11.3 Å². The SMILES string of the molecule is CCc1nc2sc(C)c(-c3ccc4[nH]c(=O)oc4c3)n2c1C(=O)O. The fraction of sp³-hybridized carbons (Fsp3) is 0.188. The summed E-state index contributed by atoms with van der Waals surface area (Å²) in [6.07, 6.45) is 0.542. The average molecular weight is 343 g/mol. The smallest absolute Gasteiger partial charge is 0.417 e. The topological polar surface area (TPSA) is 101 Å². The van der Waals surface area contributed by atoms with Gasteiger partial charge in [0.05, 0.1) is 16.9 Å². The first-order valence-electron chi connectivity index (χ1n) is 7.37. The minimum Gasteiger partial charge on any atom is -0.477 e. The summed E-state index contributed by atoms with van der Waals surface area (Å²) in [7, 11) is 0. The van der Waals surface area contributed by atoms with Crippen molar-refractivity contribution in [1.29, 1.82) is 0 Å². The number of aromatic carboxylic acids is 1. The van der Waals surface area contributed by atoms with Crippen LogP contribution in [0.15, 0.2) is 27.4 Å². The number of rotatable bonds is 3. The monoisotopic (exact) mass is 343 g/mol. The van der Waals surface area contributed by atoms with Gasteiger partial charge in [0, 0.05) is 10.4 Å². The predicted octanol–water partition coefficient (Wildman–Crippen LogP) is 3.07. The van der Waals surface area contributed by atoms with Crippen molar-refractivity contribution in [3.8, 4) is 11.3 Å². The predicted molar refractivity (Wildman–Crippen MR) is 90.0 cm³/mol. The lowest BCUT2D eigenvalue weighted by molar-refractivity contribution is 0.0688. The summed E-state index contributed by atoms with van der Waals surface area (Å²) >= 11 is 1.44. The molecule has 0 bridgehead atoms. The number of carboxylic acids is 1. The second-order valence-electron chi connectivity index (χ2n) is 5.42. The summed E-state index contributed by atoms with van der Waals surface area (Å²) in [5, 5.41) is 9.62. The van der Waals surface area contributed by atoms with Crippen molar-refractivity contribution < 1.29 is 14.3 Å². The van der Waals surface area contributed by atoms with Gasteiger partial charge in [0.25, 0.3) is 0 Å². The van der Waals surface area contributed by atoms with E-state index in [2.05, 4.69) is 9.97 Å². The van der Waals surface area contributed by atoms with Gasteiger partial charge in [0.15, 0.2) is 16.2 Å². The standard InChI is InChI=1S/C16H13N3O4S/c1-3-9-13(14(20)21)19-12(7(2)24-15(19)17-9)8-4-5-10-11(6-8)23-16(22)18-10/h4-6H,3H2,1-2H3,(H,18,22)(H,20,21). The minimum absolute atomic E-state index is 0.183. The Labute approximate surface area is 139 Å². The van der Waals surface area contributed by atoms with Gasteiger partial charge in [-0.1, -0.05) is 13.0 Å². The number of nitrogens with one attached hydrogen (secondary N) is 1. The maximum atomic E-state index is 11.7. The van der Waals surface area contributed by atoms with Gasteiger partial charge in [0.1, 0.15) is 0 Å². The first kappa shape index (κ1) is 14.7. The Bertz CT molecular complexity index is 1160. The molecule has 4 aromatic rings. The van der Waals surface area contributed by atoms with Gasteiger partial charge < -0.3 is 9.52 Å². The summed E-state index contributed by atoms with van der Waals surface area (Å²) in [5.41, 5.74) is 3.31. The summed E-state index contributed by atoms with van der Waals surface area (Å²) in [6.45, 7) is 3.80.